The van der Waals surface area contributed by atoms with Gasteiger partial charge in [0.1, 0.15) is 23.9 Å². The Morgan fingerprint density at radius 2 is 1.70 bits per heavy atom. The van der Waals surface area contributed by atoms with Gasteiger partial charge in [0, 0.05) is 18.7 Å². The van der Waals surface area contributed by atoms with Crippen molar-refractivity contribution in [2.24, 2.45) is 16.5 Å². The number of phenols is 1. The SMILES string of the molecule is NC(N)=NCCCC(NC(=O)C(Cc1ccc(O)cc1)NC(=O)C(CS)NC(=O)C1CCCN1)C(=O)O. The van der Waals surface area contributed by atoms with Crippen LogP contribution in [-0.4, -0.2) is 82.9 Å². The summed E-state index contributed by atoms with van der Waals surface area (Å²) in [7, 11) is 0. The summed E-state index contributed by atoms with van der Waals surface area (Å²) in [6.45, 7) is 0.899. The first-order valence-electron chi connectivity index (χ1n) is 11.9. The second kappa shape index (κ2) is 14.9. The van der Waals surface area contributed by atoms with Crippen LogP contribution in [0.15, 0.2) is 29.3 Å². The first-order valence-corrected chi connectivity index (χ1v) is 12.6. The molecule has 204 valence electrons. The number of carboxylic acids is 1. The van der Waals surface area contributed by atoms with Gasteiger partial charge >= 0.3 is 5.97 Å². The fourth-order valence-electron chi connectivity index (χ4n) is 3.76. The lowest BCUT2D eigenvalue weighted by atomic mass is 10.0. The number of rotatable bonds is 14. The topological polar surface area (TPSA) is 221 Å². The zero-order valence-corrected chi connectivity index (χ0v) is 21.2. The van der Waals surface area contributed by atoms with Gasteiger partial charge in [0.15, 0.2) is 5.96 Å². The monoisotopic (exact) mass is 537 g/mol. The van der Waals surface area contributed by atoms with Gasteiger partial charge in [-0.1, -0.05) is 12.1 Å². The van der Waals surface area contributed by atoms with Crippen LogP contribution < -0.4 is 32.7 Å². The molecule has 1 heterocycles. The van der Waals surface area contributed by atoms with E-state index in [1.165, 1.54) is 12.1 Å². The lowest BCUT2D eigenvalue weighted by molar-refractivity contribution is -0.142. The van der Waals surface area contributed by atoms with Gasteiger partial charge in [0.2, 0.25) is 17.7 Å². The van der Waals surface area contributed by atoms with Crippen molar-refractivity contribution in [1.29, 1.82) is 0 Å². The largest absolute Gasteiger partial charge is 0.508 e. The zero-order chi connectivity index (χ0) is 27.4. The molecule has 1 aliphatic heterocycles. The smallest absolute Gasteiger partial charge is 0.326 e. The molecule has 1 saturated heterocycles. The number of nitrogens with zero attached hydrogens (tertiary/aromatic N) is 1. The number of aliphatic carboxylic acids is 1. The molecular formula is C23H35N7O6S. The molecule has 13 nitrogen and oxygen atoms in total. The minimum atomic E-state index is -1.25. The molecule has 1 aromatic rings. The summed E-state index contributed by atoms with van der Waals surface area (Å²) in [4.78, 5) is 54.1. The van der Waals surface area contributed by atoms with Crippen molar-refractivity contribution in [1.82, 2.24) is 21.3 Å². The maximum absolute atomic E-state index is 13.1. The minimum Gasteiger partial charge on any atom is -0.508 e. The summed E-state index contributed by atoms with van der Waals surface area (Å²) in [6, 6.07) is 2.20. The van der Waals surface area contributed by atoms with Crippen LogP contribution in [0.5, 0.6) is 5.75 Å². The van der Waals surface area contributed by atoms with Crippen LogP contribution in [0.1, 0.15) is 31.2 Å². The number of benzene rings is 1. The standard InChI is InChI=1S/C23H35N7O6S/c24-23(25)27-10-2-4-16(22(35)36)28-20(33)17(11-13-5-7-14(31)8-6-13)29-21(34)18(12-37)30-19(32)15-3-1-9-26-15/h5-8,15-18,26,31,37H,1-4,9-12H2,(H,28,33)(H,29,34)(H,30,32)(H,35,36)(H4,24,25,27). The maximum Gasteiger partial charge on any atom is 0.326 e. The third kappa shape index (κ3) is 10.2. The van der Waals surface area contributed by atoms with Gasteiger partial charge in [0.25, 0.3) is 0 Å². The number of aromatic hydroxyl groups is 1. The average Bonchev–Trinajstić information content (AvgIpc) is 3.40. The number of amides is 3. The van der Waals surface area contributed by atoms with Crippen LogP contribution in [0, 0.1) is 0 Å². The summed E-state index contributed by atoms with van der Waals surface area (Å²) in [5.74, 6) is -3.06. The van der Waals surface area contributed by atoms with Crippen molar-refractivity contribution in [2.45, 2.75) is 56.3 Å². The van der Waals surface area contributed by atoms with Gasteiger partial charge in [-0.05, 0) is 49.9 Å². The second-order valence-corrected chi connectivity index (χ2v) is 9.04. The zero-order valence-electron chi connectivity index (χ0n) is 20.4. The van der Waals surface area contributed by atoms with E-state index in [2.05, 4.69) is 38.9 Å². The molecule has 0 aromatic heterocycles. The molecule has 2 rings (SSSR count). The number of hydrogen-bond acceptors (Lipinski definition) is 8. The lowest BCUT2D eigenvalue weighted by Crippen LogP contribution is -2.58. The van der Waals surface area contributed by atoms with E-state index in [1.807, 2.05) is 0 Å². The number of carbonyl (C=O) groups is 4. The number of thiol groups is 1. The molecule has 0 spiro atoms. The Morgan fingerprint density at radius 3 is 2.27 bits per heavy atom. The highest BCUT2D eigenvalue weighted by Gasteiger charge is 2.31. The molecule has 0 bridgehead atoms. The third-order valence-electron chi connectivity index (χ3n) is 5.76. The number of phenolic OH excluding ortho intramolecular Hbond substituents is 1. The quantitative estimate of drug-likeness (QED) is 0.0565. The Balaban J connectivity index is 2.12. The van der Waals surface area contributed by atoms with Crippen molar-refractivity contribution in [3.63, 3.8) is 0 Å². The predicted octanol–water partition coefficient (Wildman–Crippen LogP) is -1.79. The normalized spacial score (nSPS) is 17.2. The molecule has 4 atom stereocenters. The summed E-state index contributed by atoms with van der Waals surface area (Å²) in [5.41, 5.74) is 11.2. The van der Waals surface area contributed by atoms with E-state index >= 15 is 0 Å². The van der Waals surface area contributed by atoms with Crippen molar-refractivity contribution >= 4 is 42.3 Å². The van der Waals surface area contributed by atoms with Gasteiger partial charge in [-0.15, -0.1) is 0 Å². The third-order valence-corrected chi connectivity index (χ3v) is 6.13. The number of nitrogens with two attached hydrogens (primary N) is 2. The van der Waals surface area contributed by atoms with Crippen LogP contribution in [0.3, 0.4) is 0 Å². The van der Waals surface area contributed by atoms with Crippen LogP contribution in [0.25, 0.3) is 0 Å². The highest BCUT2D eigenvalue weighted by Crippen LogP contribution is 2.12. The first-order chi connectivity index (χ1) is 17.6. The van der Waals surface area contributed by atoms with E-state index in [0.717, 1.165) is 6.42 Å². The summed E-state index contributed by atoms with van der Waals surface area (Å²) >= 11 is 4.17. The summed E-state index contributed by atoms with van der Waals surface area (Å²) in [5, 5.41) is 29.9. The summed E-state index contributed by atoms with van der Waals surface area (Å²) < 4.78 is 0. The predicted molar refractivity (Wildman–Crippen MR) is 140 cm³/mol. The molecule has 0 aliphatic carbocycles. The van der Waals surface area contributed by atoms with Crippen molar-refractivity contribution in [2.75, 3.05) is 18.8 Å². The molecule has 10 N–H and O–H groups in total. The highest BCUT2D eigenvalue weighted by atomic mass is 32.1. The molecule has 37 heavy (non-hydrogen) atoms. The van der Waals surface area contributed by atoms with Crippen LogP contribution >= 0.6 is 12.6 Å². The minimum absolute atomic E-state index is 0.00953. The molecule has 0 radical (unpaired) electrons. The molecule has 0 saturated carbocycles. The number of carbonyl (C=O) groups excluding carboxylic acids is 3. The van der Waals surface area contributed by atoms with Crippen LogP contribution in [0.4, 0.5) is 0 Å². The molecule has 1 fully saturated rings. The van der Waals surface area contributed by atoms with E-state index in [-0.39, 0.29) is 42.8 Å². The van der Waals surface area contributed by atoms with E-state index in [4.69, 9.17) is 11.5 Å². The van der Waals surface area contributed by atoms with E-state index < -0.39 is 42.0 Å². The van der Waals surface area contributed by atoms with Crippen molar-refractivity contribution < 1.29 is 29.4 Å². The highest BCUT2D eigenvalue weighted by molar-refractivity contribution is 7.80. The fraction of sp³-hybridized carbons (Fsp3) is 0.522. The van der Waals surface area contributed by atoms with Crippen LogP contribution in [-0.2, 0) is 25.6 Å². The molecule has 4 unspecified atom stereocenters. The van der Waals surface area contributed by atoms with E-state index in [9.17, 15) is 29.4 Å². The number of hydrogen-bond donors (Lipinski definition) is 9. The number of nitrogens with one attached hydrogen (secondary N) is 4. The van der Waals surface area contributed by atoms with Gasteiger partial charge in [-0.3, -0.25) is 19.4 Å². The number of aliphatic imine (C=N–C) groups is 1. The molecular weight excluding hydrogens is 502 g/mol. The maximum atomic E-state index is 13.1. The fourth-order valence-corrected chi connectivity index (χ4v) is 4.01. The second-order valence-electron chi connectivity index (χ2n) is 8.67. The first kappa shape index (κ1) is 29.7. The Labute approximate surface area is 220 Å². The van der Waals surface area contributed by atoms with E-state index in [1.54, 1.807) is 12.1 Å². The van der Waals surface area contributed by atoms with Gasteiger partial charge in [-0.2, -0.15) is 12.6 Å². The van der Waals surface area contributed by atoms with Gasteiger partial charge in [0.05, 0.1) is 6.04 Å². The average molecular weight is 538 g/mol. The van der Waals surface area contributed by atoms with Crippen molar-refractivity contribution in [3.05, 3.63) is 29.8 Å². The molecule has 3 amide bonds. The lowest BCUT2D eigenvalue weighted by Gasteiger charge is -2.24. The van der Waals surface area contributed by atoms with Gasteiger partial charge in [-0.25, -0.2) is 4.79 Å². The Kier molecular flexibility index (Phi) is 12.0. The van der Waals surface area contributed by atoms with Crippen molar-refractivity contribution in [3.8, 4) is 5.75 Å². The van der Waals surface area contributed by atoms with Crippen LogP contribution in [0.2, 0.25) is 0 Å². The summed E-state index contributed by atoms with van der Waals surface area (Å²) in [6.07, 6.45) is 1.87. The number of guanidine groups is 1. The van der Waals surface area contributed by atoms with E-state index in [0.29, 0.717) is 24.9 Å². The molecule has 1 aromatic carbocycles. The number of carboxylic acid groups (broad SMARTS) is 1. The Morgan fingerprint density at radius 1 is 1.05 bits per heavy atom. The molecule has 1 aliphatic rings. The Bertz CT molecular complexity index is 965. The Hall–Kier alpha value is -3.52. The molecule has 14 heteroatoms. The van der Waals surface area contributed by atoms with Gasteiger partial charge < -0.3 is 42.9 Å².